The van der Waals surface area contributed by atoms with Gasteiger partial charge in [0, 0.05) is 17.6 Å². The number of allylic oxidation sites excluding steroid dienone is 3. The van der Waals surface area contributed by atoms with Crippen LogP contribution in [0.1, 0.15) is 17.7 Å². The molecule has 0 saturated heterocycles. The van der Waals surface area contributed by atoms with Gasteiger partial charge in [-0.1, -0.05) is 24.3 Å². The lowest BCUT2D eigenvalue weighted by molar-refractivity contribution is 1.23. The molecule has 3 rings (SSSR count). The van der Waals surface area contributed by atoms with Gasteiger partial charge in [0.25, 0.3) is 0 Å². The maximum Gasteiger partial charge on any atom is 0.0636 e. The van der Waals surface area contributed by atoms with Crippen molar-refractivity contribution < 1.29 is 0 Å². The molecule has 0 saturated carbocycles. The number of benzene rings is 1. The standard InChI is InChI=1S/C18H17N3/c19-16-7-4-13(5-8-16)14-6-9-18(20)15(11-14)12-17-3-1-2-10-21-17/h1-5,7-12H,6,19-20H2/b15-12+. The molecule has 0 unspecified atom stereocenters. The van der Waals surface area contributed by atoms with Gasteiger partial charge in [0.1, 0.15) is 0 Å². The highest BCUT2D eigenvalue weighted by Crippen LogP contribution is 2.28. The number of pyridine rings is 1. The van der Waals surface area contributed by atoms with Gasteiger partial charge in [-0.05, 0) is 59.5 Å². The van der Waals surface area contributed by atoms with Crippen molar-refractivity contribution in [3.8, 4) is 0 Å². The van der Waals surface area contributed by atoms with Crippen LogP contribution in [0.4, 0.5) is 5.69 Å². The quantitative estimate of drug-likeness (QED) is 0.826. The summed E-state index contributed by atoms with van der Waals surface area (Å²) < 4.78 is 0. The molecule has 3 nitrogen and oxygen atoms in total. The molecule has 0 radical (unpaired) electrons. The molecule has 2 aromatic rings. The molecule has 0 aliphatic heterocycles. The van der Waals surface area contributed by atoms with E-state index in [-0.39, 0.29) is 0 Å². The molecule has 0 fully saturated rings. The Hall–Kier alpha value is -2.81. The van der Waals surface area contributed by atoms with Crippen LogP contribution in [0, 0.1) is 0 Å². The summed E-state index contributed by atoms with van der Waals surface area (Å²) in [5, 5.41) is 0. The largest absolute Gasteiger partial charge is 0.399 e. The van der Waals surface area contributed by atoms with Gasteiger partial charge in [0.15, 0.2) is 0 Å². The smallest absolute Gasteiger partial charge is 0.0636 e. The Balaban J connectivity index is 1.96. The van der Waals surface area contributed by atoms with Crippen molar-refractivity contribution in [1.82, 2.24) is 4.98 Å². The second-order valence-corrected chi connectivity index (χ2v) is 5.01. The predicted octanol–water partition coefficient (Wildman–Crippen LogP) is 3.38. The topological polar surface area (TPSA) is 64.9 Å². The molecule has 0 bridgehead atoms. The SMILES string of the molecule is NC1=CCC(c2ccc(N)cc2)=C/C1=C\c1ccccn1. The normalized spacial score (nSPS) is 16.5. The second-order valence-electron chi connectivity index (χ2n) is 5.01. The highest BCUT2D eigenvalue weighted by Gasteiger charge is 2.10. The molecule has 1 heterocycles. The average molecular weight is 275 g/mol. The minimum absolute atomic E-state index is 0.773. The van der Waals surface area contributed by atoms with E-state index in [9.17, 15) is 0 Å². The molecule has 0 spiro atoms. The Bertz CT molecular complexity index is 723. The third kappa shape index (κ3) is 3.03. The van der Waals surface area contributed by atoms with E-state index in [0.717, 1.165) is 29.1 Å². The summed E-state index contributed by atoms with van der Waals surface area (Å²) in [6.45, 7) is 0. The summed E-state index contributed by atoms with van der Waals surface area (Å²) in [7, 11) is 0. The van der Waals surface area contributed by atoms with E-state index >= 15 is 0 Å². The number of rotatable bonds is 2. The summed E-state index contributed by atoms with van der Waals surface area (Å²) in [6.07, 6.45) is 8.77. The molecule has 1 aliphatic carbocycles. The van der Waals surface area contributed by atoms with Gasteiger partial charge < -0.3 is 11.5 Å². The zero-order valence-electron chi connectivity index (χ0n) is 11.7. The lowest BCUT2D eigenvalue weighted by Gasteiger charge is -2.14. The van der Waals surface area contributed by atoms with Crippen LogP contribution in [0.25, 0.3) is 11.6 Å². The van der Waals surface area contributed by atoms with Gasteiger partial charge in [0.2, 0.25) is 0 Å². The Morgan fingerprint density at radius 3 is 2.52 bits per heavy atom. The highest BCUT2D eigenvalue weighted by molar-refractivity contribution is 5.77. The molecule has 21 heavy (non-hydrogen) atoms. The van der Waals surface area contributed by atoms with E-state index in [1.165, 1.54) is 11.1 Å². The molecule has 104 valence electrons. The number of nitrogens with zero attached hydrogens (tertiary/aromatic N) is 1. The second kappa shape index (κ2) is 5.67. The van der Waals surface area contributed by atoms with E-state index in [4.69, 9.17) is 11.5 Å². The summed E-state index contributed by atoms with van der Waals surface area (Å²) in [5.74, 6) is 0. The Morgan fingerprint density at radius 1 is 1.00 bits per heavy atom. The van der Waals surface area contributed by atoms with Crippen LogP contribution in [-0.4, -0.2) is 4.98 Å². The first-order valence-corrected chi connectivity index (χ1v) is 6.87. The van der Waals surface area contributed by atoms with Crippen LogP contribution in [0.2, 0.25) is 0 Å². The maximum absolute atomic E-state index is 6.09. The molecular weight excluding hydrogens is 258 g/mol. The van der Waals surface area contributed by atoms with E-state index in [2.05, 4.69) is 11.1 Å². The molecule has 4 N–H and O–H groups in total. The first kappa shape index (κ1) is 13.2. The van der Waals surface area contributed by atoms with Gasteiger partial charge in [0.05, 0.1) is 5.69 Å². The minimum Gasteiger partial charge on any atom is -0.399 e. The van der Waals surface area contributed by atoms with Gasteiger partial charge in [-0.3, -0.25) is 4.98 Å². The minimum atomic E-state index is 0.773. The fourth-order valence-electron chi connectivity index (χ4n) is 2.31. The van der Waals surface area contributed by atoms with Crippen LogP contribution in [-0.2, 0) is 0 Å². The fraction of sp³-hybridized carbons (Fsp3) is 0.0556. The van der Waals surface area contributed by atoms with E-state index in [1.54, 1.807) is 6.20 Å². The van der Waals surface area contributed by atoms with Crippen molar-refractivity contribution in [2.45, 2.75) is 6.42 Å². The van der Waals surface area contributed by atoms with Crippen molar-refractivity contribution in [2.75, 3.05) is 5.73 Å². The number of hydrogen-bond acceptors (Lipinski definition) is 3. The number of nitrogens with two attached hydrogens (primary N) is 2. The molecule has 0 amide bonds. The van der Waals surface area contributed by atoms with Crippen LogP contribution in [0.3, 0.4) is 0 Å². The van der Waals surface area contributed by atoms with Crippen molar-refractivity contribution in [2.24, 2.45) is 5.73 Å². The summed E-state index contributed by atoms with van der Waals surface area (Å²) in [4.78, 5) is 4.31. The van der Waals surface area contributed by atoms with Gasteiger partial charge in [-0.25, -0.2) is 0 Å². The third-order valence-corrected chi connectivity index (χ3v) is 3.48. The van der Waals surface area contributed by atoms with Crippen molar-refractivity contribution in [3.63, 3.8) is 0 Å². The summed E-state index contributed by atoms with van der Waals surface area (Å²) in [6, 6.07) is 13.7. The van der Waals surface area contributed by atoms with Crippen molar-refractivity contribution in [1.29, 1.82) is 0 Å². The lowest BCUT2D eigenvalue weighted by Crippen LogP contribution is -2.04. The molecule has 1 aromatic heterocycles. The maximum atomic E-state index is 6.09. The molecule has 1 aliphatic rings. The van der Waals surface area contributed by atoms with Crippen molar-refractivity contribution in [3.05, 3.63) is 83.3 Å². The summed E-state index contributed by atoms with van der Waals surface area (Å²) >= 11 is 0. The number of nitrogen functional groups attached to an aromatic ring is 1. The van der Waals surface area contributed by atoms with Gasteiger partial charge >= 0.3 is 0 Å². The fourth-order valence-corrected chi connectivity index (χ4v) is 2.31. The predicted molar refractivity (Wildman–Crippen MR) is 87.9 cm³/mol. The average Bonchev–Trinajstić information content (AvgIpc) is 2.51. The van der Waals surface area contributed by atoms with Crippen LogP contribution in [0.15, 0.2) is 72.1 Å². The number of hydrogen-bond donors (Lipinski definition) is 2. The monoisotopic (exact) mass is 275 g/mol. The molecular formula is C18H17N3. The Morgan fingerprint density at radius 2 is 1.81 bits per heavy atom. The molecule has 3 heteroatoms. The van der Waals surface area contributed by atoms with E-state index < -0.39 is 0 Å². The molecule has 1 aromatic carbocycles. The highest BCUT2D eigenvalue weighted by atomic mass is 14.7. The summed E-state index contributed by atoms with van der Waals surface area (Å²) in [5.41, 5.74) is 17.7. The number of aromatic nitrogens is 1. The van der Waals surface area contributed by atoms with E-state index in [1.807, 2.05) is 54.6 Å². The lowest BCUT2D eigenvalue weighted by atomic mass is 9.93. The zero-order chi connectivity index (χ0) is 14.7. The number of anilines is 1. The van der Waals surface area contributed by atoms with E-state index in [0.29, 0.717) is 0 Å². The van der Waals surface area contributed by atoms with Crippen molar-refractivity contribution >= 4 is 17.3 Å². The van der Waals surface area contributed by atoms with Crippen LogP contribution in [0.5, 0.6) is 0 Å². The molecule has 0 atom stereocenters. The Labute approximate surface area is 124 Å². The first-order chi connectivity index (χ1) is 10.2. The van der Waals surface area contributed by atoms with Gasteiger partial charge in [-0.2, -0.15) is 0 Å². The first-order valence-electron chi connectivity index (χ1n) is 6.87. The van der Waals surface area contributed by atoms with Gasteiger partial charge in [-0.15, -0.1) is 0 Å². The van der Waals surface area contributed by atoms with Crippen LogP contribution >= 0.6 is 0 Å². The third-order valence-electron chi connectivity index (χ3n) is 3.48. The zero-order valence-corrected chi connectivity index (χ0v) is 11.7. The Kier molecular flexibility index (Phi) is 3.56. The van der Waals surface area contributed by atoms with Crippen LogP contribution < -0.4 is 11.5 Å².